The van der Waals surface area contributed by atoms with Crippen LogP contribution in [0, 0.1) is 0 Å². The summed E-state index contributed by atoms with van der Waals surface area (Å²) in [6.45, 7) is 0. The molecule has 4 nitrogen and oxygen atoms in total. The molecule has 3 rings (SSSR count). The largest absolute Gasteiger partial charge is 0.496 e. The second-order valence-electron chi connectivity index (χ2n) is 4.95. The fourth-order valence-electron chi connectivity index (χ4n) is 2.26. The van der Waals surface area contributed by atoms with E-state index in [-0.39, 0.29) is 0 Å². The Kier molecular flexibility index (Phi) is 4.88. The molecule has 0 radical (unpaired) electrons. The summed E-state index contributed by atoms with van der Waals surface area (Å²) >= 11 is 7.81. The monoisotopic (exact) mass is 345 g/mol. The molecule has 6 heteroatoms. The van der Waals surface area contributed by atoms with E-state index in [2.05, 4.69) is 10.2 Å². The number of hydrogen-bond acceptors (Lipinski definition) is 4. The number of para-hydroxylation sites is 1. The molecule has 0 aliphatic heterocycles. The quantitative estimate of drug-likeness (QED) is 0.641. The molecule has 0 unspecified atom stereocenters. The van der Waals surface area contributed by atoms with Crippen molar-refractivity contribution in [1.29, 1.82) is 0 Å². The summed E-state index contributed by atoms with van der Waals surface area (Å²) in [5, 5.41) is 10.2. The summed E-state index contributed by atoms with van der Waals surface area (Å²) in [7, 11) is 3.61. The van der Waals surface area contributed by atoms with Gasteiger partial charge in [-0.15, -0.1) is 10.2 Å². The maximum atomic E-state index is 6.20. The van der Waals surface area contributed by atoms with E-state index < -0.39 is 0 Å². The zero-order valence-electron chi connectivity index (χ0n) is 12.9. The zero-order valence-corrected chi connectivity index (χ0v) is 14.4. The van der Waals surface area contributed by atoms with Gasteiger partial charge in [0.1, 0.15) is 5.75 Å². The second kappa shape index (κ2) is 7.06. The summed E-state index contributed by atoms with van der Waals surface area (Å²) < 4.78 is 7.38. The zero-order chi connectivity index (χ0) is 16.2. The number of aromatic nitrogens is 3. The summed E-state index contributed by atoms with van der Waals surface area (Å²) in [5.74, 6) is 2.31. The molecule has 0 spiro atoms. The number of thioether (sulfide) groups is 1. The van der Waals surface area contributed by atoms with E-state index in [0.717, 1.165) is 38.6 Å². The van der Waals surface area contributed by atoms with Crippen LogP contribution in [0.4, 0.5) is 0 Å². The highest BCUT2D eigenvalue weighted by atomic mass is 35.5. The number of methoxy groups -OCH3 is 1. The van der Waals surface area contributed by atoms with Crippen molar-refractivity contribution in [2.75, 3.05) is 7.11 Å². The molecule has 0 aliphatic carbocycles. The lowest BCUT2D eigenvalue weighted by molar-refractivity contribution is 0.416. The average Bonchev–Trinajstić information content (AvgIpc) is 2.95. The first-order valence-electron chi connectivity index (χ1n) is 7.09. The molecule has 0 N–H and O–H groups in total. The number of benzene rings is 2. The minimum Gasteiger partial charge on any atom is -0.496 e. The van der Waals surface area contributed by atoms with Gasteiger partial charge in [-0.2, -0.15) is 0 Å². The number of halogens is 1. The van der Waals surface area contributed by atoms with Gasteiger partial charge in [-0.05, 0) is 23.8 Å². The lowest BCUT2D eigenvalue weighted by atomic mass is 10.2. The lowest BCUT2D eigenvalue weighted by Crippen LogP contribution is -1.97. The van der Waals surface area contributed by atoms with E-state index >= 15 is 0 Å². The predicted octanol–water partition coefficient (Wildman–Crippen LogP) is 4.44. The van der Waals surface area contributed by atoms with E-state index in [1.807, 2.05) is 60.1 Å². The van der Waals surface area contributed by atoms with Crippen molar-refractivity contribution in [2.24, 2.45) is 7.05 Å². The third-order valence-electron chi connectivity index (χ3n) is 3.50. The van der Waals surface area contributed by atoms with Gasteiger partial charge in [0.15, 0.2) is 11.0 Å². The maximum absolute atomic E-state index is 6.20. The molecule has 0 saturated heterocycles. The van der Waals surface area contributed by atoms with Crippen molar-refractivity contribution < 1.29 is 4.74 Å². The molecule has 0 atom stereocenters. The Bertz CT molecular complexity index is 819. The van der Waals surface area contributed by atoms with Crippen molar-refractivity contribution in [3.63, 3.8) is 0 Å². The summed E-state index contributed by atoms with van der Waals surface area (Å²) in [4.78, 5) is 0. The van der Waals surface area contributed by atoms with Gasteiger partial charge in [-0.3, -0.25) is 0 Å². The Labute approximate surface area is 144 Å². The Morgan fingerprint density at radius 1 is 1.09 bits per heavy atom. The summed E-state index contributed by atoms with van der Waals surface area (Å²) in [5.41, 5.74) is 2.01. The smallest absolute Gasteiger partial charge is 0.191 e. The van der Waals surface area contributed by atoms with E-state index in [1.165, 1.54) is 0 Å². The fourth-order valence-corrected chi connectivity index (χ4v) is 3.46. The molecule has 0 aliphatic rings. The number of rotatable bonds is 5. The number of hydrogen-bond donors (Lipinski definition) is 0. The van der Waals surface area contributed by atoms with Crippen molar-refractivity contribution in [3.8, 4) is 17.1 Å². The Morgan fingerprint density at radius 2 is 1.83 bits per heavy atom. The molecule has 1 aromatic heterocycles. The highest BCUT2D eigenvalue weighted by Crippen LogP contribution is 2.31. The van der Waals surface area contributed by atoms with Crippen LogP contribution in [0.25, 0.3) is 11.4 Å². The molecule has 118 valence electrons. The van der Waals surface area contributed by atoms with Gasteiger partial charge in [0.25, 0.3) is 0 Å². The molecule has 23 heavy (non-hydrogen) atoms. The maximum Gasteiger partial charge on any atom is 0.191 e. The first-order valence-corrected chi connectivity index (χ1v) is 8.46. The van der Waals surface area contributed by atoms with Crippen LogP contribution in [0.3, 0.4) is 0 Å². The van der Waals surface area contributed by atoms with E-state index in [4.69, 9.17) is 16.3 Å². The molecular formula is C17H16ClN3OS. The minimum atomic E-state index is 0.748. The highest BCUT2D eigenvalue weighted by Gasteiger charge is 2.15. The first-order chi connectivity index (χ1) is 11.2. The van der Waals surface area contributed by atoms with Gasteiger partial charge in [-0.1, -0.05) is 53.7 Å². The second-order valence-corrected chi connectivity index (χ2v) is 6.30. The summed E-state index contributed by atoms with van der Waals surface area (Å²) in [6.07, 6.45) is 0. The van der Waals surface area contributed by atoms with E-state index in [1.54, 1.807) is 18.9 Å². The van der Waals surface area contributed by atoms with Crippen LogP contribution in [0.1, 0.15) is 5.56 Å². The van der Waals surface area contributed by atoms with Gasteiger partial charge >= 0.3 is 0 Å². The molecule has 2 aromatic carbocycles. The molecule has 0 amide bonds. The van der Waals surface area contributed by atoms with Crippen molar-refractivity contribution in [3.05, 3.63) is 59.1 Å². The van der Waals surface area contributed by atoms with Crippen LogP contribution in [0.2, 0.25) is 5.02 Å². The van der Waals surface area contributed by atoms with Gasteiger partial charge in [-0.25, -0.2) is 0 Å². The minimum absolute atomic E-state index is 0.748. The van der Waals surface area contributed by atoms with Gasteiger partial charge in [0, 0.05) is 17.8 Å². The van der Waals surface area contributed by atoms with Crippen LogP contribution in [-0.2, 0) is 12.8 Å². The third kappa shape index (κ3) is 3.35. The average molecular weight is 346 g/mol. The van der Waals surface area contributed by atoms with Crippen LogP contribution in [-0.4, -0.2) is 21.9 Å². The number of ether oxygens (including phenoxy) is 1. The first kappa shape index (κ1) is 15.9. The molecule has 0 bridgehead atoms. The predicted molar refractivity (Wildman–Crippen MR) is 94.0 cm³/mol. The van der Waals surface area contributed by atoms with Gasteiger partial charge in [0.2, 0.25) is 0 Å². The van der Waals surface area contributed by atoms with Crippen molar-refractivity contribution in [1.82, 2.24) is 14.8 Å². The third-order valence-corrected chi connectivity index (χ3v) is 4.94. The van der Waals surface area contributed by atoms with Crippen LogP contribution in [0.5, 0.6) is 5.75 Å². The molecular weight excluding hydrogens is 330 g/mol. The Hall–Kier alpha value is -1.98. The Morgan fingerprint density at radius 3 is 2.61 bits per heavy atom. The lowest BCUT2D eigenvalue weighted by Gasteiger charge is -2.08. The molecule has 3 aromatic rings. The standard InChI is InChI=1S/C17H16ClN3OS/c1-21-16(13-8-4-6-10-15(13)22-2)19-20-17(21)23-11-12-7-3-5-9-14(12)18/h3-10H,11H2,1-2H3. The normalized spacial score (nSPS) is 10.7. The SMILES string of the molecule is COc1ccccc1-c1nnc(SCc2ccccc2Cl)n1C. The van der Waals surface area contributed by atoms with Crippen LogP contribution >= 0.6 is 23.4 Å². The fraction of sp³-hybridized carbons (Fsp3) is 0.176. The van der Waals surface area contributed by atoms with E-state index in [0.29, 0.717) is 0 Å². The summed E-state index contributed by atoms with van der Waals surface area (Å²) in [6, 6.07) is 15.6. The number of nitrogens with zero attached hydrogens (tertiary/aromatic N) is 3. The molecule has 0 fully saturated rings. The topological polar surface area (TPSA) is 39.9 Å². The molecule has 0 saturated carbocycles. The van der Waals surface area contributed by atoms with Crippen molar-refractivity contribution in [2.45, 2.75) is 10.9 Å². The van der Waals surface area contributed by atoms with Gasteiger partial charge in [0.05, 0.1) is 12.7 Å². The van der Waals surface area contributed by atoms with Crippen LogP contribution in [0.15, 0.2) is 53.7 Å². The van der Waals surface area contributed by atoms with Gasteiger partial charge < -0.3 is 9.30 Å². The highest BCUT2D eigenvalue weighted by molar-refractivity contribution is 7.98. The van der Waals surface area contributed by atoms with Crippen LogP contribution < -0.4 is 4.74 Å². The Balaban J connectivity index is 1.84. The van der Waals surface area contributed by atoms with E-state index in [9.17, 15) is 0 Å². The molecule has 1 heterocycles. The van der Waals surface area contributed by atoms with Crippen molar-refractivity contribution >= 4 is 23.4 Å².